The van der Waals surface area contributed by atoms with Crippen molar-refractivity contribution in [2.24, 2.45) is 10.9 Å². The molecule has 0 amide bonds. The van der Waals surface area contributed by atoms with E-state index in [4.69, 9.17) is 9.47 Å². The predicted octanol–water partition coefficient (Wildman–Crippen LogP) is 4.35. The zero-order valence-corrected chi connectivity index (χ0v) is 14.3. The molecule has 0 bridgehead atoms. The van der Waals surface area contributed by atoms with E-state index in [-0.39, 0.29) is 23.9 Å². The third-order valence-electron chi connectivity index (χ3n) is 4.18. The van der Waals surface area contributed by atoms with Crippen molar-refractivity contribution in [1.82, 2.24) is 0 Å². The van der Waals surface area contributed by atoms with Gasteiger partial charge in [0.05, 0.1) is 13.7 Å². The second kappa shape index (κ2) is 9.11. The van der Waals surface area contributed by atoms with Crippen LogP contribution in [0, 0.1) is 5.92 Å². The SMILES string of the molecule is CCOC(=O)/C(C=Nc1ccccc1OC)=C(/O)C1CCCCC1. The quantitative estimate of drug-likeness (QED) is 0.364. The number of ether oxygens (including phenoxy) is 2. The molecule has 1 aromatic carbocycles. The molecule has 1 fully saturated rings. The minimum atomic E-state index is -0.542. The Bertz CT molecular complexity index is 616. The van der Waals surface area contributed by atoms with Crippen LogP contribution in [0.2, 0.25) is 0 Å². The molecular formula is C19H25NO4. The standard InChI is InChI=1S/C19H25NO4/c1-3-24-19(22)15(18(21)14-9-5-4-6-10-14)13-20-16-11-7-8-12-17(16)23-2/h7-8,11-14,21H,3-6,9-10H2,1-2H3/b18-15+,20-13?. The molecule has 0 unspecified atom stereocenters. The minimum absolute atomic E-state index is 0.00211. The molecule has 1 aliphatic carbocycles. The van der Waals surface area contributed by atoms with Gasteiger partial charge in [-0.05, 0) is 31.9 Å². The normalized spacial score (nSPS) is 16.8. The molecule has 5 nitrogen and oxygen atoms in total. The molecule has 1 aliphatic rings. The van der Waals surface area contributed by atoms with Gasteiger partial charge >= 0.3 is 5.97 Å². The lowest BCUT2D eigenvalue weighted by Crippen LogP contribution is -2.17. The number of rotatable bonds is 6. The maximum atomic E-state index is 12.2. The number of methoxy groups -OCH3 is 1. The van der Waals surface area contributed by atoms with Gasteiger partial charge in [-0.3, -0.25) is 4.99 Å². The zero-order chi connectivity index (χ0) is 17.4. The van der Waals surface area contributed by atoms with Crippen molar-refractivity contribution in [3.05, 3.63) is 35.6 Å². The number of hydrogen-bond donors (Lipinski definition) is 1. The van der Waals surface area contributed by atoms with Gasteiger partial charge in [-0.25, -0.2) is 4.79 Å². The average molecular weight is 331 g/mol. The molecule has 24 heavy (non-hydrogen) atoms. The molecule has 5 heteroatoms. The number of para-hydroxylation sites is 2. The van der Waals surface area contributed by atoms with E-state index in [0.29, 0.717) is 11.4 Å². The zero-order valence-electron chi connectivity index (χ0n) is 14.3. The van der Waals surface area contributed by atoms with Crippen molar-refractivity contribution in [3.63, 3.8) is 0 Å². The lowest BCUT2D eigenvalue weighted by molar-refractivity contribution is -0.138. The average Bonchev–Trinajstić information content (AvgIpc) is 2.63. The van der Waals surface area contributed by atoms with Crippen molar-refractivity contribution >= 4 is 17.9 Å². The summed E-state index contributed by atoms with van der Waals surface area (Å²) in [5, 5.41) is 10.6. The van der Waals surface area contributed by atoms with Crippen molar-refractivity contribution in [3.8, 4) is 5.75 Å². The first kappa shape index (κ1) is 18.0. The molecule has 1 saturated carbocycles. The number of aliphatic hydroxyl groups is 1. The van der Waals surface area contributed by atoms with Gasteiger partial charge in [-0.15, -0.1) is 0 Å². The Morgan fingerprint density at radius 3 is 2.67 bits per heavy atom. The van der Waals surface area contributed by atoms with Crippen LogP contribution in [0.15, 0.2) is 40.6 Å². The third kappa shape index (κ3) is 4.60. The van der Waals surface area contributed by atoms with Gasteiger partial charge in [-0.2, -0.15) is 0 Å². The van der Waals surface area contributed by atoms with Gasteiger partial charge in [0.2, 0.25) is 0 Å². The molecule has 0 atom stereocenters. The number of nitrogens with zero attached hydrogens (tertiary/aromatic N) is 1. The molecule has 0 spiro atoms. The van der Waals surface area contributed by atoms with Crippen LogP contribution in [0.5, 0.6) is 5.75 Å². The van der Waals surface area contributed by atoms with E-state index in [9.17, 15) is 9.90 Å². The molecular weight excluding hydrogens is 306 g/mol. The summed E-state index contributed by atoms with van der Waals surface area (Å²) < 4.78 is 10.3. The van der Waals surface area contributed by atoms with E-state index in [1.165, 1.54) is 12.6 Å². The number of aliphatic hydroxyl groups excluding tert-OH is 1. The Morgan fingerprint density at radius 1 is 1.29 bits per heavy atom. The first-order valence-electron chi connectivity index (χ1n) is 8.44. The summed E-state index contributed by atoms with van der Waals surface area (Å²) in [6, 6.07) is 7.26. The number of carbonyl (C=O) groups is 1. The second-order valence-corrected chi connectivity index (χ2v) is 5.78. The molecule has 0 aliphatic heterocycles. The van der Waals surface area contributed by atoms with Gasteiger partial charge in [0, 0.05) is 12.1 Å². The first-order chi connectivity index (χ1) is 11.7. The summed E-state index contributed by atoms with van der Waals surface area (Å²) >= 11 is 0. The molecule has 2 rings (SSSR count). The lowest BCUT2D eigenvalue weighted by atomic mass is 9.86. The second-order valence-electron chi connectivity index (χ2n) is 5.78. The Hall–Kier alpha value is -2.30. The van der Waals surface area contributed by atoms with Gasteiger partial charge < -0.3 is 14.6 Å². The number of carbonyl (C=O) groups excluding carboxylic acids is 1. The summed E-state index contributed by atoms with van der Waals surface area (Å²) in [5.41, 5.74) is 0.730. The summed E-state index contributed by atoms with van der Waals surface area (Å²) in [5.74, 6) is 0.155. The fourth-order valence-corrected chi connectivity index (χ4v) is 2.90. The maximum Gasteiger partial charge on any atom is 0.343 e. The van der Waals surface area contributed by atoms with Crippen molar-refractivity contribution in [2.75, 3.05) is 13.7 Å². The van der Waals surface area contributed by atoms with E-state index < -0.39 is 5.97 Å². The highest BCUT2D eigenvalue weighted by Gasteiger charge is 2.24. The highest BCUT2D eigenvalue weighted by molar-refractivity contribution is 6.10. The number of benzene rings is 1. The van der Waals surface area contributed by atoms with Crippen molar-refractivity contribution in [2.45, 2.75) is 39.0 Å². The highest BCUT2D eigenvalue weighted by atomic mass is 16.5. The summed E-state index contributed by atoms with van der Waals surface area (Å²) in [7, 11) is 1.57. The number of allylic oxidation sites excluding steroid dienone is 1. The van der Waals surface area contributed by atoms with Crippen LogP contribution in [-0.2, 0) is 9.53 Å². The largest absolute Gasteiger partial charge is 0.511 e. The minimum Gasteiger partial charge on any atom is -0.511 e. The van der Waals surface area contributed by atoms with Gasteiger partial charge in [0.25, 0.3) is 0 Å². The molecule has 0 radical (unpaired) electrons. The molecule has 0 aromatic heterocycles. The Labute approximate surface area is 143 Å². The van der Waals surface area contributed by atoms with Gasteiger partial charge in [-0.1, -0.05) is 31.4 Å². The van der Waals surface area contributed by atoms with Crippen LogP contribution in [0.3, 0.4) is 0 Å². The highest BCUT2D eigenvalue weighted by Crippen LogP contribution is 2.31. The smallest absolute Gasteiger partial charge is 0.343 e. The Kier molecular flexibility index (Phi) is 6.85. The first-order valence-corrected chi connectivity index (χ1v) is 8.44. The van der Waals surface area contributed by atoms with Crippen LogP contribution >= 0.6 is 0 Å². The fraction of sp³-hybridized carbons (Fsp3) is 0.474. The van der Waals surface area contributed by atoms with Crippen molar-refractivity contribution in [1.29, 1.82) is 0 Å². The summed E-state index contributed by atoms with van der Waals surface area (Å²) in [6.07, 6.45) is 6.46. The maximum absolute atomic E-state index is 12.2. The number of esters is 1. The van der Waals surface area contributed by atoms with Gasteiger partial charge in [0.1, 0.15) is 22.8 Å². The summed E-state index contributed by atoms with van der Waals surface area (Å²) in [4.78, 5) is 16.6. The topological polar surface area (TPSA) is 68.1 Å². The van der Waals surface area contributed by atoms with E-state index in [0.717, 1.165) is 25.7 Å². The van der Waals surface area contributed by atoms with Crippen molar-refractivity contribution < 1.29 is 19.4 Å². The van der Waals surface area contributed by atoms with Crippen LogP contribution < -0.4 is 4.74 Å². The lowest BCUT2D eigenvalue weighted by Gasteiger charge is -2.22. The number of aliphatic imine (C=N–C) groups is 1. The van der Waals surface area contributed by atoms with Gasteiger partial charge in [0.15, 0.2) is 0 Å². The Balaban J connectivity index is 2.32. The monoisotopic (exact) mass is 331 g/mol. The molecule has 1 N–H and O–H groups in total. The van der Waals surface area contributed by atoms with E-state index >= 15 is 0 Å². The third-order valence-corrected chi connectivity index (χ3v) is 4.18. The predicted molar refractivity (Wildman–Crippen MR) is 94.0 cm³/mol. The molecule has 130 valence electrons. The van der Waals surface area contributed by atoms with Crippen LogP contribution in [0.25, 0.3) is 0 Å². The van der Waals surface area contributed by atoms with E-state index in [1.54, 1.807) is 26.2 Å². The fourth-order valence-electron chi connectivity index (χ4n) is 2.90. The van der Waals surface area contributed by atoms with Crippen LogP contribution in [0.4, 0.5) is 5.69 Å². The van der Waals surface area contributed by atoms with Crippen LogP contribution in [0.1, 0.15) is 39.0 Å². The van der Waals surface area contributed by atoms with Crippen LogP contribution in [-0.4, -0.2) is 31.0 Å². The molecule has 0 saturated heterocycles. The Morgan fingerprint density at radius 2 is 2.00 bits per heavy atom. The van der Waals surface area contributed by atoms with E-state index in [1.807, 2.05) is 12.1 Å². The summed E-state index contributed by atoms with van der Waals surface area (Å²) in [6.45, 7) is 1.99. The molecule has 1 aromatic rings. The van der Waals surface area contributed by atoms with E-state index in [2.05, 4.69) is 4.99 Å². The molecule has 0 heterocycles. The number of hydrogen-bond acceptors (Lipinski definition) is 5.